The molecule has 0 fully saturated rings. The molecule has 0 bridgehead atoms. The van der Waals surface area contributed by atoms with Crippen molar-refractivity contribution in [3.05, 3.63) is 35.4 Å². The first-order chi connectivity index (χ1) is 9.60. The van der Waals surface area contributed by atoms with Crippen LogP contribution in [-0.4, -0.2) is 31.8 Å². The summed E-state index contributed by atoms with van der Waals surface area (Å²) in [6, 6.07) is 7.15. The van der Waals surface area contributed by atoms with Crippen LogP contribution in [0.1, 0.15) is 25.0 Å². The van der Waals surface area contributed by atoms with Gasteiger partial charge in [0, 0.05) is 6.42 Å². The van der Waals surface area contributed by atoms with Crippen LogP contribution in [0.3, 0.4) is 0 Å². The van der Waals surface area contributed by atoms with Crippen LogP contribution in [0.15, 0.2) is 24.3 Å². The highest BCUT2D eigenvalue weighted by molar-refractivity contribution is 5.81. The summed E-state index contributed by atoms with van der Waals surface area (Å²) < 4.78 is 9.50. The molecule has 0 heterocycles. The maximum atomic E-state index is 11.7. The van der Waals surface area contributed by atoms with Crippen molar-refractivity contribution in [1.29, 1.82) is 0 Å². The molecule has 0 aliphatic carbocycles. The number of methoxy groups -OCH3 is 1. The van der Waals surface area contributed by atoms with Crippen molar-refractivity contribution in [2.45, 2.75) is 32.7 Å². The summed E-state index contributed by atoms with van der Waals surface area (Å²) in [7, 11) is 1.30. The number of rotatable bonds is 6. The Morgan fingerprint density at radius 2 is 1.95 bits per heavy atom. The molecule has 0 aromatic heterocycles. The Balaban J connectivity index is 2.78. The van der Waals surface area contributed by atoms with Gasteiger partial charge in [0.2, 0.25) is 0 Å². The molecular weight excluding hydrogens is 258 g/mol. The molecule has 1 aromatic rings. The topological polar surface area (TPSA) is 64.6 Å². The molecule has 0 spiro atoms. The van der Waals surface area contributed by atoms with E-state index in [0.717, 1.165) is 12.0 Å². The Kier molecular flexibility index (Phi) is 6.56. The molecule has 1 amide bonds. The van der Waals surface area contributed by atoms with Crippen LogP contribution in [0.4, 0.5) is 4.79 Å². The van der Waals surface area contributed by atoms with Gasteiger partial charge >= 0.3 is 12.1 Å². The highest BCUT2D eigenvalue weighted by atomic mass is 16.6. The fraction of sp³-hybridized carbons (Fsp3) is 0.467. The van der Waals surface area contributed by atoms with Crippen LogP contribution in [0.25, 0.3) is 0 Å². The summed E-state index contributed by atoms with van der Waals surface area (Å²) in [5.74, 6) is -0.486. The molecule has 0 radical (unpaired) electrons. The summed E-state index contributed by atoms with van der Waals surface area (Å²) in [5.41, 5.74) is 2.15. The molecule has 5 heteroatoms. The van der Waals surface area contributed by atoms with Gasteiger partial charge < -0.3 is 14.8 Å². The number of nitrogens with one attached hydrogen (secondary N) is 1. The van der Waals surface area contributed by atoms with Crippen LogP contribution in [-0.2, 0) is 27.1 Å². The van der Waals surface area contributed by atoms with E-state index in [0.29, 0.717) is 6.42 Å². The number of aryl methyl sites for hydroxylation is 1. The Labute approximate surface area is 119 Å². The summed E-state index contributed by atoms with van der Waals surface area (Å²) in [6.07, 6.45) is 0.677. The second kappa shape index (κ2) is 8.19. The molecule has 20 heavy (non-hydrogen) atoms. The average molecular weight is 279 g/mol. The Bertz CT molecular complexity index is 459. The van der Waals surface area contributed by atoms with Crippen LogP contribution in [0.5, 0.6) is 0 Å². The largest absolute Gasteiger partial charge is 0.467 e. The SMILES string of the molecule is CCOC(=O)N[C@H](Cc1cccc(CC)c1)C(=O)OC. The lowest BCUT2D eigenvalue weighted by atomic mass is 10.0. The second-order valence-corrected chi connectivity index (χ2v) is 4.32. The second-order valence-electron chi connectivity index (χ2n) is 4.32. The van der Waals surface area contributed by atoms with Crippen molar-refractivity contribution in [2.24, 2.45) is 0 Å². The highest BCUT2D eigenvalue weighted by Gasteiger charge is 2.22. The van der Waals surface area contributed by atoms with E-state index in [1.54, 1.807) is 6.92 Å². The first-order valence-electron chi connectivity index (χ1n) is 6.69. The number of carbonyl (C=O) groups is 2. The zero-order valence-electron chi connectivity index (χ0n) is 12.1. The maximum Gasteiger partial charge on any atom is 0.407 e. The molecule has 1 N–H and O–H groups in total. The Hall–Kier alpha value is -2.04. The van der Waals surface area contributed by atoms with Crippen molar-refractivity contribution < 1.29 is 19.1 Å². The summed E-state index contributed by atoms with van der Waals surface area (Å²) in [5, 5.41) is 2.52. The van der Waals surface area contributed by atoms with Crippen molar-refractivity contribution in [3.63, 3.8) is 0 Å². The third kappa shape index (κ3) is 4.91. The molecule has 110 valence electrons. The molecule has 0 aliphatic rings. The predicted molar refractivity (Wildman–Crippen MR) is 75.5 cm³/mol. The molecule has 0 unspecified atom stereocenters. The molecule has 5 nitrogen and oxygen atoms in total. The van der Waals surface area contributed by atoms with E-state index in [2.05, 4.69) is 12.2 Å². The van der Waals surface area contributed by atoms with Crippen molar-refractivity contribution in [1.82, 2.24) is 5.32 Å². The normalized spacial score (nSPS) is 11.6. The van der Waals surface area contributed by atoms with Crippen LogP contribution < -0.4 is 5.32 Å². The number of ether oxygens (including phenoxy) is 2. The number of carbonyl (C=O) groups excluding carboxylic acids is 2. The van der Waals surface area contributed by atoms with Gasteiger partial charge in [0.15, 0.2) is 0 Å². The van der Waals surface area contributed by atoms with Gasteiger partial charge in [0.05, 0.1) is 13.7 Å². The first kappa shape index (κ1) is 16.0. The minimum absolute atomic E-state index is 0.255. The minimum atomic E-state index is -0.744. The number of hydrogen-bond donors (Lipinski definition) is 1. The number of esters is 1. The van der Waals surface area contributed by atoms with Crippen LogP contribution >= 0.6 is 0 Å². The molecule has 1 atom stereocenters. The van der Waals surface area contributed by atoms with Gasteiger partial charge in [0.1, 0.15) is 6.04 Å². The monoisotopic (exact) mass is 279 g/mol. The molecule has 0 saturated heterocycles. The van der Waals surface area contributed by atoms with E-state index >= 15 is 0 Å². The summed E-state index contributed by atoms with van der Waals surface area (Å²) in [4.78, 5) is 23.2. The van der Waals surface area contributed by atoms with E-state index in [4.69, 9.17) is 9.47 Å². The average Bonchev–Trinajstić information content (AvgIpc) is 2.46. The number of alkyl carbamates (subject to hydrolysis) is 1. The molecular formula is C15H21NO4. The van der Waals surface area contributed by atoms with E-state index in [1.807, 2.05) is 24.3 Å². The van der Waals surface area contributed by atoms with E-state index < -0.39 is 18.1 Å². The van der Waals surface area contributed by atoms with Crippen molar-refractivity contribution in [2.75, 3.05) is 13.7 Å². The standard InChI is InChI=1S/C15H21NO4/c1-4-11-7-6-8-12(9-11)10-13(14(17)19-3)16-15(18)20-5-2/h6-9,13H,4-5,10H2,1-3H3,(H,16,18)/t13-/m1/s1. The number of benzene rings is 1. The van der Waals surface area contributed by atoms with Gasteiger partial charge in [-0.2, -0.15) is 0 Å². The zero-order valence-corrected chi connectivity index (χ0v) is 12.1. The van der Waals surface area contributed by atoms with Gasteiger partial charge in [0.25, 0.3) is 0 Å². The van der Waals surface area contributed by atoms with Crippen molar-refractivity contribution >= 4 is 12.1 Å². The molecule has 1 rings (SSSR count). The van der Waals surface area contributed by atoms with Crippen LogP contribution in [0, 0.1) is 0 Å². The van der Waals surface area contributed by atoms with Crippen molar-refractivity contribution in [3.8, 4) is 0 Å². The van der Waals surface area contributed by atoms with E-state index in [9.17, 15) is 9.59 Å². The van der Waals surface area contributed by atoms with E-state index in [-0.39, 0.29) is 6.61 Å². The fourth-order valence-corrected chi connectivity index (χ4v) is 1.86. The first-order valence-corrected chi connectivity index (χ1v) is 6.69. The quantitative estimate of drug-likeness (QED) is 0.810. The van der Waals surface area contributed by atoms with Gasteiger partial charge in [-0.05, 0) is 24.5 Å². The van der Waals surface area contributed by atoms with Gasteiger partial charge in [-0.3, -0.25) is 0 Å². The number of amides is 1. The van der Waals surface area contributed by atoms with Gasteiger partial charge in [-0.25, -0.2) is 9.59 Å². The summed E-state index contributed by atoms with van der Waals surface area (Å²) in [6.45, 7) is 4.02. The maximum absolute atomic E-state index is 11.7. The lowest BCUT2D eigenvalue weighted by Crippen LogP contribution is -2.43. The Morgan fingerprint density at radius 3 is 2.55 bits per heavy atom. The molecule has 0 aliphatic heterocycles. The number of hydrogen-bond acceptors (Lipinski definition) is 4. The minimum Gasteiger partial charge on any atom is -0.467 e. The third-order valence-electron chi connectivity index (χ3n) is 2.89. The summed E-state index contributed by atoms with van der Waals surface area (Å²) >= 11 is 0. The van der Waals surface area contributed by atoms with E-state index in [1.165, 1.54) is 12.7 Å². The lowest BCUT2D eigenvalue weighted by molar-refractivity contribution is -0.142. The van der Waals surface area contributed by atoms with Gasteiger partial charge in [-0.15, -0.1) is 0 Å². The third-order valence-corrected chi connectivity index (χ3v) is 2.89. The fourth-order valence-electron chi connectivity index (χ4n) is 1.86. The lowest BCUT2D eigenvalue weighted by Gasteiger charge is -2.16. The smallest absolute Gasteiger partial charge is 0.407 e. The van der Waals surface area contributed by atoms with Crippen LogP contribution in [0.2, 0.25) is 0 Å². The molecule has 0 saturated carbocycles. The zero-order chi connectivity index (χ0) is 15.0. The Morgan fingerprint density at radius 1 is 1.25 bits per heavy atom. The van der Waals surface area contributed by atoms with Gasteiger partial charge in [-0.1, -0.05) is 31.2 Å². The molecule has 1 aromatic carbocycles. The predicted octanol–water partition coefficient (Wildman–Crippen LogP) is 2.08. The highest BCUT2D eigenvalue weighted by Crippen LogP contribution is 2.09.